The van der Waals surface area contributed by atoms with Crippen molar-refractivity contribution in [3.05, 3.63) is 64.3 Å². The minimum absolute atomic E-state index is 0.0488. The third kappa shape index (κ3) is 3.83. The van der Waals surface area contributed by atoms with Crippen molar-refractivity contribution in [1.29, 1.82) is 0 Å². The molecule has 1 unspecified atom stereocenters. The average Bonchev–Trinajstić information content (AvgIpc) is 2.97. The standard InChI is InChI=1S/C17H16FN2O6PS/c18-14-15-13(9-25-27(23,24)26-15)28-16(14)20-7-6-11(19-17(20)22)8-12(21)10-4-2-1-3-5-10/h1-7,13-16H,8-9H2,(H,23,24)/t13-,14+,15-,16-/m1/s1. The Morgan fingerprint density at radius 3 is 2.82 bits per heavy atom. The highest BCUT2D eigenvalue weighted by atomic mass is 32.2. The number of benzene rings is 1. The first-order chi connectivity index (χ1) is 13.3. The van der Waals surface area contributed by atoms with Crippen LogP contribution in [0.15, 0.2) is 47.4 Å². The second-order valence-corrected chi connectivity index (χ2v) is 9.19. The number of ketones is 1. The molecule has 2 aromatic rings. The van der Waals surface area contributed by atoms with Crippen molar-refractivity contribution in [3.8, 4) is 0 Å². The van der Waals surface area contributed by atoms with Crippen LogP contribution < -0.4 is 5.69 Å². The zero-order valence-electron chi connectivity index (χ0n) is 14.4. The molecule has 1 aromatic carbocycles. The summed E-state index contributed by atoms with van der Waals surface area (Å²) in [6, 6.07) is 10.1. The summed E-state index contributed by atoms with van der Waals surface area (Å²) in [5.74, 6) is -0.181. The van der Waals surface area contributed by atoms with Gasteiger partial charge in [-0.15, -0.1) is 11.8 Å². The molecular formula is C17H16FN2O6PS. The average molecular weight is 426 g/mol. The van der Waals surface area contributed by atoms with Gasteiger partial charge in [0.25, 0.3) is 0 Å². The Morgan fingerprint density at radius 2 is 2.11 bits per heavy atom. The van der Waals surface area contributed by atoms with Crippen molar-refractivity contribution in [2.45, 2.75) is 29.3 Å². The van der Waals surface area contributed by atoms with Gasteiger partial charge in [0.15, 0.2) is 12.0 Å². The van der Waals surface area contributed by atoms with E-state index in [0.29, 0.717) is 5.56 Å². The molecule has 8 nitrogen and oxygen atoms in total. The van der Waals surface area contributed by atoms with E-state index in [1.807, 2.05) is 0 Å². The molecule has 2 aliphatic heterocycles. The van der Waals surface area contributed by atoms with Crippen LogP contribution in [0.4, 0.5) is 4.39 Å². The third-order valence-corrected chi connectivity index (χ3v) is 7.03. The van der Waals surface area contributed by atoms with Crippen molar-refractivity contribution < 1.29 is 27.7 Å². The number of aromatic nitrogens is 2. The predicted molar refractivity (Wildman–Crippen MR) is 98.9 cm³/mol. The van der Waals surface area contributed by atoms with E-state index in [2.05, 4.69) is 4.98 Å². The number of hydrogen-bond acceptors (Lipinski definition) is 7. The SMILES string of the molecule is O=C(Cc1ccn([C@@H]2S[C@@H]3COP(=O)(O)O[C@H]3[C@@H]2F)c(=O)n1)c1ccccc1. The maximum Gasteiger partial charge on any atom is 0.472 e. The number of thioether (sulfide) groups is 1. The number of Topliss-reactive ketones (excluding diaryl/α,β-unsaturated/α-hetero) is 1. The Bertz CT molecular complexity index is 1000. The lowest BCUT2D eigenvalue weighted by Gasteiger charge is -2.28. The fourth-order valence-electron chi connectivity index (χ4n) is 3.16. The van der Waals surface area contributed by atoms with Crippen molar-refractivity contribution in [2.75, 3.05) is 6.61 Å². The van der Waals surface area contributed by atoms with Gasteiger partial charge in [0.2, 0.25) is 0 Å². The number of halogens is 1. The normalized spacial score (nSPS) is 32.1. The summed E-state index contributed by atoms with van der Waals surface area (Å²) in [4.78, 5) is 37.9. The number of rotatable bonds is 4. The van der Waals surface area contributed by atoms with Gasteiger partial charge in [-0.1, -0.05) is 30.3 Å². The maximum atomic E-state index is 14.8. The van der Waals surface area contributed by atoms with Gasteiger partial charge in [-0.3, -0.25) is 18.4 Å². The van der Waals surface area contributed by atoms with Gasteiger partial charge in [0.05, 0.1) is 24.0 Å². The van der Waals surface area contributed by atoms with Crippen LogP contribution in [0.2, 0.25) is 0 Å². The number of phosphoric ester groups is 1. The molecule has 0 amide bonds. The number of phosphoric acid groups is 1. The minimum Gasteiger partial charge on any atom is -0.302 e. The van der Waals surface area contributed by atoms with Gasteiger partial charge in [-0.25, -0.2) is 13.8 Å². The van der Waals surface area contributed by atoms with Crippen LogP contribution >= 0.6 is 19.6 Å². The second-order valence-electron chi connectivity index (χ2n) is 6.42. The van der Waals surface area contributed by atoms with Crippen molar-refractivity contribution in [2.24, 2.45) is 0 Å². The van der Waals surface area contributed by atoms with Gasteiger partial charge < -0.3 is 4.89 Å². The molecular weight excluding hydrogens is 410 g/mol. The molecule has 5 atom stereocenters. The zero-order valence-corrected chi connectivity index (χ0v) is 16.1. The molecule has 1 aromatic heterocycles. The van der Waals surface area contributed by atoms with Crippen LogP contribution in [-0.4, -0.2) is 44.4 Å². The first-order valence-corrected chi connectivity index (χ1v) is 10.9. The number of carbonyl (C=O) groups is 1. The van der Waals surface area contributed by atoms with Gasteiger partial charge in [-0.05, 0) is 6.07 Å². The Labute approximate surface area is 163 Å². The van der Waals surface area contributed by atoms with Crippen LogP contribution in [0.25, 0.3) is 0 Å². The maximum absolute atomic E-state index is 14.8. The molecule has 11 heteroatoms. The van der Waals surface area contributed by atoms with Gasteiger partial charge in [0, 0.05) is 11.8 Å². The third-order valence-electron chi connectivity index (χ3n) is 4.52. The van der Waals surface area contributed by atoms with E-state index in [4.69, 9.17) is 9.05 Å². The van der Waals surface area contributed by atoms with E-state index in [0.717, 1.165) is 16.3 Å². The molecule has 2 saturated heterocycles. The number of fused-ring (bicyclic) bond motifs is 1. The quantitative estimate of drug-likeness (QED) is 0.585. The summed E-state index contributed by atoms with van der Waals surface area (Å²) in [6.07, 6.45) is -1.50. The highest BCUT2D eigenvalue weighted by molar-refractivity contribution is 8.00. The Morgan fingerprint density at radius 1 is 1.36 bits per heavy atom. The first kappa shape index (κ1) is 19.5. The molecule has 2 aliphatic rings. The van der Waals surface area contributed by atoms with Crippen molar-refractivity contribution in [3.63, 3.8) is 0 Å². The Kier molecular flexibility index (Phi) is 5.24. The van der Waals surface area contributed by atoms with Gasteiger partial charge in [-0.2, -0.15) is 4.98 Å². The molecule has 148 valence electrons. The molecule has 3 heterocycles. The highest BCUT2D eigenvalue weighted by Gasteiger charge is 2.53. The topological polar surface area (TPSA) is 108 Å². The number of carbonyl (C=O) groups excluding carboxylic acids is 1. The van der Waals surface area contributed by atoms with Crippen LogP contribution in [0.5, 0.6) is 0 Å². The minimum atomic E-state index is -4.27. The predicted octanol–water partition coefficient (Wildman–Crippen LogP) is 2.14. The van der Waals surface area contributed by atoms with Gasteiger partial charge >= 0.3 is 13.5 Å². The van der Waals surface area contributed by atoms with E-state index in [9.17, 15) is 23.4 Å². The smallest absolute Gasteiger partial charge is 0.302 e. The van der Waals surface area contributed by atoms with Crippen LogP contribution in [-0.2, 0) is 20.0 Å². The lowest BCUT2D eigenvalue weighted by atomic mass is 10.1. The van der Waals surface area contributed by atoms with Crippen LogP contribution in [0.3, 0.4) is 0 Å². The van der Waals surface area contributed by atoms with E-state index in [-0.39, 0.29) is 24.5 Å². The highest BCUT2D eigenvalue weighted by Crippen LogP contribution is 2.57. The number of alkyl halides is 1. The van der Waals surface area contributed by atoms with E-state index in [1.54, 1.807) is 30.3 Å². The fraction of sp³-hybridized carbons (Fsp3) is 0.353. The van der Waals surface area contributed by atoms with Crippen molar-refractivity contribution >= 4 is 25.4 Å². The summed E-state index contributed by atoms with van der Waals surface area (Å²) in [5, 5.41) is -1.48. The van der Waals surface area contributed by atoms with E-state index < -0.39 is 36.4 Å². The Balaban J connectivity index is 1.52. The summed E-state index contributed by atoms with van der Waals surface area (Å²) in [7, 11) is -4.27. The van der Waals surface area contributed by atoms with Crippen LogP contribution in [0, 0.1) is 0 Å². The van der Waals surface area contributed by atoms with Crippen molar-refractivity contribution in [1.82, 2.24) is 9.55 Å². The van der Waals surface area contributed by atoms with Crippen LogP contribution in [0.1, 0.15) is 21.4 Å². The fourth-order valence-corrected chi connectivity index (χ4v) is 5.79. The second kappa shape index (κ2) is 7.53. The first-order valence-electron chi connectivity index (χ1n) is 8.46. The molecule has 0 spiro atoms. The lowest BCUT2D eigenvalue weighted by molar-refractivity contribution is 0.0131. The molecule has 28 heavy (non-hydrogen) atoms. The summed E-state index contributed by atoms with van der Waals surface area (Å²) in [6.45, 7) is -0.147. The monoisotopic (exact) mass is 426 g/mol. The molecule has 1 N–H and O–H groups in total. The molecule has 0 saturated carbocycles. The zero-order chi connectivity index (χ0) is 19.9. The summed E-state index contributed by atoms with van der Waals surface area (Å²) in [5.41, 5.74) is 0.0916. The number of nitrogens with zero attached hydrogens (tertiary/aromatic N) is 2. The lowest BCUT2D eigenvalue weighted by Crippen LogP contribution is -2.37. The molecule has 2 fully saturated rings. The molecule has 0 radical (unpaired) electrons. The summed E-state index contributed by atoms with van der Waals surface area (Å²) >= 11 is 1.09. The van der Waals surface area contributed by atoms with E-state index >= 15 is 0 Å². The van der Waals surface area contributed by atoms with Gasteiger partial charge in [0.1, 0.15) is 11.5 Å². The largest absolute Gasteiger partial charge is 0.472 e. The number of hydrogen-bond donors (Lipinski definition) is 1. The molecule has 4 rings (SSSR count). The Hall–Kier alpha value is -1.84. The van der Waals surface area contributed by atoms with E-state index in [1.165, 1.54) is 12.3 Å². The molecule has 0 bridgehead atoms. The molecule has 0 aliphatic carbocycles. The summed E-state index contributed by atoms with van der Waals surface area (Å²) < 4.78 is 37.0.